The minimum atomic E-state index is -0.0137. The molecule has 0 saturated carbocycles. The summed E-state index contributed by atoms with van der Waals surface area (Å²) in [7, 11) is 1.81. The Morgan fingerprint density at radius 1 is 1.50 bits per heavy atom. The summed E-state index contributed by atoms with van der Waals surface area (Å²) in [5.74, 6) is 0.128. The highest BCUT2D eigenvalue weighted by atomic mass is 32.2. The second-order valence-electron chi connectivity index (χ2n) is 3.52. The lowest BCUT2D eigenvalue weighted by atomic mass is 10.2. The van der Waals surface area contributed by atoms with Gasteiger partial charge >= 0.3 is 0 Å². The number of hydrogen-bond acceptors (Lipinski definition) is 6. The third-order valence-corrected chi connectivity index (χ3v) is 4.64. The Morgan fingerprint density at radius 3 is 3.12 bits per heavy atom. The zero-order chi connectivity index (χ0) is 11.4. The minimum Gasteiger partial charge on any atom is -0.363 e. The Morgan fingerprint density at radius 2 is 2.38 bits per heavy atom. The molecule has 1 aliphatic rings. The fourth-order valence-electron chi connectivity index (χ4n) is 1.50. The Kier molecular flexibility index (Phi) is 4.00. The van der Waals surface area contributed by atoms with Crippen LogP contribution < -0.4 is 10.6 Å². The quantitative estimate of drug-likeness (QED) is 0.856. The third kappa shape index (κ3) is 2.85. The first-order valence-corrected chi connectivity index (χ1v) is 6.95. The van der Waals surface area contributed by atoms with E-state index >= 15 is 0 Å². The monoisotopic (exact) mass is 258 g/mol. The van der Waals surface area contributed by atoms with Crippen molar-refractivity contribution in [3.05, 3.63) is 0 Å². The molecule has 1 aromatic heterocycles. The summed E-state index contributed by atoms with van der Waals surface area (Å²) in [6.45, 7) is 0.799. The van der Waals surface area contributed by atoms with Crippen molar-refractivity contribution in [1.29, 1.82) is 0 Å². The summed E-state index contributed by atoms with van der Waals surface area (Å²) in [4.78, 5) is 11.7. The van der Waals surface area contributed by atoms with E-state index in [1.54, 1.807) is 0 Å². The largest absolute Gasteiger partial charge is 0.363 e. The number of amides is 1. The van der Waals surface area contributed by atoms with E-state index < -0.39 is 0 Å². The van der Waals surface area contributed by atoms with Crippen LogP contribution in [0.25, 0.3) is 0 Å². The SMILES string of the molecule is CNc1nnc(S[C@H]2CCCCNC2=O)s1. The number of thioether (sulfide) groups is 1. The number of anilines is 1. The van der Waals surface area contributed by atoms with Crippen molar-refractivity contribution in [3.8, 4) is 0 Å². The number of aromatic nitrogens is 2. The molecule has 1 atom stereocenters. The normalized spacial score (nSPS) is 21.3. The van der Waals surface area contributed by atoms with Gasteiger partial charge in [-0.05, 0) is 12.8 Å². The van der Waals surface area contributed by atoms with Crippen molar-refractivity contribution >= 4 is 34.1 Å². The Labute approximate surface area is 102 Å². The van der Waals surface area contributed by atoms with E-state index in [9.17, 15) is 4.79 Å². The van der Waals surface area contributed by atoms with Crippen LogP contribution in [0.15, 0.2) is 4.34 Å². The van der Waals surface area contributed by atoms with Crippen molar-refractivity contribution in [2.75, 3.05) is 18.9 Å². The Hall–Kier alpha value is -0.820. The predicted octanol–water partition coefficient (Wildman–Crippen LogP) is 1.34. The molecule has 0 aliphatic carbocycles. The lowest BCUT2D eigenvalue weighted by Crippen LogP contribution is -2.30. The zero-order valence-corrected chi connectivity index (χ0v) is 10.7. The molecular formula is C9H14N4OS2. The highest BCUT2D eigenvalue weighted by Crippen LogP contribution is 2.31. The summed E-state index contributed by atoms with van der Waals surface area (Å²) in [6.07, 6.45) is 3.08. The molecule has 16 heavy (non-hydrogen) atoms. The molecule has 2 N–H and O–H groups in total. The second-order valence-corrected chi connectivity index (χ2v) is 5.94. The summed E-state index contributed by atoms with van der Waals surface area (Å²) >= 11 is 3.00. The maximum Gasteiger partial charge on any atom is 0.233 e. The van der Waals surface area contributed by atoms with Crippen LogP contribution in [0.3, 0.4) is 0 Å². The molecule has 0 bridgehead atoms. The van der Waals surface area contributed by atoms with Crippen molar-refractivity contribution in [2.45, 2.75) is 28.9 Å². The molecule has 1 saturated heterocycles. The Balaban J connectivity index is 1.99. The molecule has 1 fully saturated rings. The topological polar surface area (TPSA) is 66.9 Å². The van der Waals surface area contributed by atoms with E-state index in [1.807, 2.05) is 7.05 Å². The maximum absolute atomic E-state index is 11.7. The van der Waals surface area contributed by atoms with Crippen LogP contribution in [0.1, 0.15) is 19.3 Å². The van der Waals surface area contributed by atoms with E-state index in [0.717, 1.165) is 35.3 Å². The molecule has 7 heteroatoms. The molecule has 5 nitrogen and oxygen atoms in total. The van der Waals surface area contributed by atoms with Gasteiger partial charge in [-0.25, -0.2) is 0 Å². The van der Waals surface area contributed by atoms with Crippen LogP contribution in [0.4, 0.5) is 5.13 Å². The first kappa shape index (κ1) is 11.7. The molecule has 0 spiro atoms. The molecule has 2 heterocycles. The third-order valence-electron chi connectivity index (χ3n) is 2.35. The molecule has 1 aliphatic heterocycles. The van der Waals surface area contributed by atoms with E-state index in [0.29, 0.717) is 0 Å². The molecular weight excluding hydrogens is 244 g/mol. The summed E-state index contributed by atoms with van der Waals surface area (Å²) in [5.41, 5.74) is 0. The van der Waals surface area contributed by atoms with Gasteiger partial charge in [-0.3, -0.25) is 4.79 Å². The van der Waals surface area contributed by atoms with Gasteiger partial charge in [0.15, 0.2) is 4.34 Å². The molecule has 88 valence electrons. The van der Waals surface area contributed by atoms with Gasteiger partial charge in [-0.1, -0.05) is 29.5 Å². The lowest BCUT2D eigenvalue weighted by Gasteiger charge is -2.09. The van der Waals surface area contributed by atoms with Gasteiger partial charge in [0.05, 0.1) is 5.25 Å². The van der Waals surface area contributed by atoms with Gasteiger partial charge in [0, 0.05) is 13.6 Å². The first-order valence-electron chi connectivity index (χ1n) is 5.25. The van der Waals surface area contributed by atoms with Gasteiger partial charge in [0.25, 0.3) is 0 Å². The summed E-state index contributed by atoms with van der Waals surface area (Å²) in [6, 6.07) is 0. The number of nitrogens with zero attached hydrogens (tertiary/aromatic N) is 2. The molecule has 1 aromatic rings. The number of rotatable bonds is 3. The maximum atomic E-state index is 11.7. The van der Waals surface area contributed by atoms with Gasteiger partial charge in [-0.15, -0.1) is 10.2 Å². The van der Waals surface area contributed by atoms with Crippen molar-refractivity contribution in [1.82, 2.24) is 15.5 Å². The molecule has 2 rings (SSSR count). The fraction of sp³-hybridized carbons (Fsp3) is 0.667. The van der Waals surface area contributed by atoms with E-state index in [4.69, 9.17) is 0 Å². The summed E-state index contributed by atoms with van der Waals surface area (Å²) < 4.78 is 0.853. The van der Waals surface area contributed by atoms with Crippen molar-refractivity contribution < 1.29 is 4.79 Å². The number of carbonyl (C=O) groups excluding carboxylic acids is 1. The van der Waals surface area contributed by atoms with Gasteiger partial charge in [0.2, 0.25) is 11.0 Å². The van der Waals surface area contributed by atoms with Crippen LogP contribution in [-0.4, -0.2) is 34.9 Å². The van der Waals surface area contributed by atoms with Crippen molar-refractivity contribution in [2.24, 2.45) is 0 Å². The second kappa shape index (κ2) is 5.49. The minimum absolute atomic E-state index is 0.0137. The van der Waals surface area contributed by atoms with Crippen LogP contribution in [0.5, 0.6) is 0 Å². The van der Waals surface area contributed by atoms with Gasteiger partial charge in [-0.2, -0.15) is 0 Å². The first-order chi connectivity index (χ1) is 7.79. The van der Waals surface area contributed by atoms with Crippen LogP contribution in [-0.2, 0) is 4.79 Å². The zero-order valence-electron chi connectivity index (χ0n) is 9.02. The number of carbonyl (C=O) groups is 1. The molecule has 0 aromatic carbocycles. The smallest absolute Gasteiger partial charge is 0.233 e. The van der Waals surface area contributed by atoms with E-state index in [2.05, 4.69) is 20.8 Å². The predicted molar refractivity (Wildman–Crippen MR) is 66.0 cm³/mol. The average Bonchev–Trinajstić information content (AvgIpc) is 2.65. The van der Waals surface area contributed by atoms with Crippen LogP contribution in [0.2, 0.25) is 0 Å². The molecule has 0 radical (unpaired) electrons. The highest BCUT2D eigenvalue weighted by Gasteiger charge is 2.23. The van der Waals surface area contributed by atoms with Crippen LogP contribution >= 0.6 is 23.1 Å². The standard InChI is InChI=1S/C9H14N4OS2/c1-10-8-12-13-9(16-8)15-6-4-2-3-5-11-7(6)14/h6H,2-5H2,1H3,(H,10,12)(H,11,14)/t6-/m0/s1. The van der Waals surface area contributed by atoms with E-state index in [1.165, 1.54) is 23.1 Å². The molecule has 1 amide bonds. The average molecular weight is 258 g/mol. The molecule has 0 unspecified atom stereocenters. The van der Waals surface area contributed by atoms with Crippen molar-refractivity contribution in [3.63, 3.8) is 0 Å². The number of hydrogen-bond donors (Lipinski definition) is 2. The highest BCUT2D eigenvalue weighted by molar-refractivity contribution is 8.02. The number of nitrogens with one attached hydrogen (secondary N) is 2. The van der Waals surface area contributed by atoms with Crippen LogP contribution in [0, 0.1) is 0 Å². The van der Waals surface area contributed by atoms with Gasteiger partial charge < -0.3 is 10.6 Å². The summed E-state index contributed by atoms with van der Waals surface area (Å²) in [5, 5.41) is 14.6. The fourth-order valence-corrected chi connectivity index (χ4v) is 3.52. The van der Waals surface area contributed by atoms with E-state index in [-0.39, 0.29) is 11.2 Å². The van der Waals surface area contributed by atoms with Gasteiger partial charge in [0.1, 0.15) is 0 Å². The lowest BCUT2D eigenvalue weighted by molar-refractivity contribution is -0.120. The Bertz CT molecular complexity index is 368.